The van der Waals surface area contributed by atoms with Gasteiger partial charge in [0.1, 0.15) is 0 Å². The van der Waals surface area contributed by atoms with Gasteiger partial charge in [-0.05, 0) is 43.8 Å². The molecule has 1 aliphatic heterocycles. The van der Waals surface area contributed by atoms with E-state index in [4.69, 9.17) is 0 Å². The lowest BCUT2D eigenvalue weighted by Gasteiger charge is -2.32. The summed E-state index contributed by atoms with van der Waals surface area (Å²) in [5.41, 5.74) is 0.948. The number of aromatic nitrogens is 2. The number of piperidine rings is 1. The fourth-order valence-corrected chi connectivity index (χ4v) is 4.01. The first kappa shape index (κ1) is 14.8. The molecule has 0 amide bonds. The lowest BCUT2D eigenvalue weighted by molar-refractivity contribution is 0.239. The molecule has 0 spiro atoms. The molecule has 2 rings (SSSR count). The van der Waals surface area contributed by atoms with Gasteiger partial charge in [0, 0.05) is 18.5 Å². The van der Waals surface area contributed by atoms with E-state index in [1.165, 1.54) is 17.8 Å². The van der Waals surface area contributed by atoms with Crippen molar-refractivity contribution in [2.75, 3.05) is 26.4 Å². The van der Waals surface area contributed by atoms with E-state index >= 15 is 0 Å². The van der Waals surface area contributed by atoms with Gasteiger partial charge in [-0.1, -0.05) is 4.49 Å². The Bertz CT molecular complexity index is 489. The largest absolute Gasteiger partial charge is 0.312 e. The predicted octanol–water partition coefficient (Wildman–Crippen LogP) is 0.860. The van der Waals surface area contributed by atoms with Crippen molar-refractivity contribution in [1.82, 2.24) is 19.2 Å². The number of nitrogens with one attached hydrogen (secondary N) is 1. The molecule has 2 heterocycles. The summed E-state index contributed by atoms with van der Waals surface area (Å²) in [5.74, 6) is 0.377. The quantitative estimate of drug-likeness (QED) is 0.873. The van der Waals surface area contributed by atoms with Crippen LogP contribution >= 0.6 is 11.5 Å². The second kappa shape index (κ2) is 6.25. The number of hydrogen-bond donors (Lipinski definition) is 1. The smallest absolute Gasteiger partial charge is 0.211 e. The average molecular weight is 304 g/mol. The zero-order chi connectivity index (χ0) is 13.9. The molecule has 0 radical (unpaired) electrons. The average Bonchev–Trinajstić information content (AvgIpc) is 2.89. The SMILES string of the molecule is CNC(CC1CCCN(S(C)(=O)=O)C1)c1csnn1. The molecule has 1 aromatic heterocycles. The first-order valence-electron chi connectivity index (χ1n) is 6.40. The van der Waals surface area contributed by atoms with Crippen LogP contribution in [-0.4, -0.2) is 48.7 Å². The van der Waals surface area contributed by atoms with Crippen LogP contribution < -0.4 is 5.32 Å². The minimum Gasteiger partial charge on any atom is -0.312 e. The maximum absolute atomic E-state index is 11.6. The molecule has 1 aromatic rings. The van der Waals surface area contributed by atoms with Crippen LogP contribution in [0.2, 0.25) is 0 Å². The van der Waals surface area contributed by atoms with Crippen molar-refractivity contribution in [3.05, 3.63) is 11.1 Å². The fraction of sp³-hybridized carbons (Fsp3) is 0.818. The summed E-state index contributed by atoms with van der Waals surface area (Å²) in [6.07, 6.45) is 4.19. The second-order valence-electron chi connectivity index (χ2n) is 5.04. The Morgan fingerprint density at radius 1 is 1.63 bits per heavy atom. The van der Waals surface area contributed by atoms with Crippen LogP contribution in [0.5, 0.6) is 0 Å². The Morgan fingerprint density at radius 2 is 2.42 bits per heavy atom. The maximum atomic E-state index is 11.6. The van der Waals surface area contributed by atoms with Crippen LogP contribution in [0.3, 0.4) is 0 Å². The van der Waals surface area contributed by atoms with E-state index in [-0.39, 0.29) is 6.04 Å². The molecule has 19 heavy (non-hydrogen) atoms. The number of sulfonamides is 1. The molecule has 6 nitrogen and oxygen atoms in total. The van der Waals surface area contributed by atoms with Crippen molar-refractivity contribution in [2.24, 2.45) is 5.92 Å². The Morgan fingerprint density at radius 3 is 3.00 bits per heavy atom. The van der Waals surface area contributed by atoms with E-state index in [0.29, 0.717) is 19.0 Å². The van der Waals surface area contributed by atoms with Crippen molar-refractivity contribution >= 4 is 21.6 Å². The lowest BCUT2D eigenvalue weighted by Crippen LogP contribution is -2.40. The zero-order valence-corrected chi connectivity index (χ0v) is 12.9. The number of rotatable bonds is 5. The van der Waals surface area contributed by atoms with Crippen LogP contribution in [0.15, 0.2) is 5.38 Å². The molecular weight excluding hydrogens is 284 g/mol. The molecular formula is C11H20N4O2S2. The first-order chi connectivity index (χ1) is 9.00. The van der Waals surface area contributed by atoms with Gasteiger partial charge in [0.2, 0.25) is 10.0 Å². The fourth-order valence-electron chi connectivity index (χ4n) is 2.56. The Labute approximate surface area is 118 Å². The minimum atomic E-state index is -3.07. The Kier molecular flexibility index (Phi) is 4.88. The van der Waals surface area contributed by atoms with Gasteiger partial charge in [0.15, 0.2) is 0 Å². The van der Waals surface area contributed by atoms with Gasteiger partial charge in [-0.15, -0.1) is 5.10 Å². The highest BCUT2D eigenvalue weighted by Gasteiger charge is 2.28. The van der Waals surface area contributed by atoms with Crippen molar-refractivity contribution in [3.8, 4) is 0 Å². The van der Waals surface area contributed by atoms with Crippen LogP contribution in [0, 0.1) is 5.92 Å². The maximum Gasteiger partial charge on any atom is 0.211 e. The van der Waals surface area contributed by atoms with E-state index in [2.05, 4.69) is 14.9 Å². The van der Waals surface area contributed by atoms with E-state index < -0.39 is 10.0 Å². The molecule has 1 aliphatic rings. The lowest BCUT2D eigenvalue weighted by atomic mass is 9.91. The van der Waals surface area contributed by atoms with Crippen molar-refractivity contribution in [2.45, 2.75) is 25.3 Å². The van der Waals surface area contributed by atoms with Gasteiger partial charge in [-0.3, -0.25) is 0 Å². The van der Waals surface area contributed by atoms with Crippen molar-refractivity contribution in [1.29, 1.82) is 0 Å². The molecule has 0 aliphatic carbocycles. The molecule has 0 aromatic carbocycles. The zero-order valence-electron chi connectivity index (χ0n) is 11.2. The van der Waals surface area contributed by atoms with E-state index in [0.717, 1.165) is 25.0 Å². The summed E-state index contributed by atoms with van der Waals surface area (Å²) in [5, 5.41) is 9.28. The molecule has 1 fully saturated rings. The van der Waals surface area contributed by atoms with E-state index in [9.17, 15) is 8.42 Å². The summed E-state index contributed by atoms with van der Waals surface area (Å²) in [4.78, 5) is 0. The Hall–Kier alpha value is -0.570. The summed E-state index contributed by atoms with van der Waals surface area (Å²) in [7, 11) is -1.16. The summed E-state index contributed by atoms with van der Waals surface area (Å²) < 4.78 is 28.7. The first-order valence-corrected chi connectivity index (χ1v) is 9.08. The van der Waals surface area contributed by atoms with Gasteiger partial charge in [0.25, 0.3) is 0 Å². The van der Waals surface area contributed by atoms with Gasteiger partial charge >= 0.3 is 0 Å². The normalized spacial score (nSPS) is 23.4. The summed E-state index contributed by atoms with van der Waals surface area (Å²) in [6.45, 7) is 1.27. The standard InChI is InChI=1S/C11H20N4O2S2/c1-12-10(11-8-18-14-13-11)6-9-4-3-5-15(7-9)19(2,16)17/h8-10,12H,3-7H2,1-2H3. The number of nitrogens with zero attached hydrogens (tertiary/aromatic N) is 3. The van der Waals surface area contributed by atoms with E-state index in [1.807, 2.05) is 12.4 Å². The van der Waals surface area contributed by atoms with Crippen LogP contribution in [-0.2, 0) is 10.0 Å². The van der Waals surface area contributed by atoms with Crippen LogP contribution in [0.4, 0.5) is 0 Å². The second-order valence-corrected chi connectivity index (χ2v) is 7.63. The monoisotopic (exact) mass is 304 g/mol. The topological polar surface area (TPSA) is 75.2 Å². The molecule has 1 saturated heterocycles. The highest BCUT2D eigenvalue weighted by atomic mass is 32.2. The summed E-state index contributed by atoms with van der Waals surface area (Å²) >= 11 is 1.34. The molecule has 0 bridgehead atoms. The van der Waals surface area contributed by atoms with Crippen LogP contribution in [0.25, 0.3) is 0 Å². The highest BCUT2D eigenvalue weighted by Crippen LogP contribution is 2.27. The third kappa shape index (κ3) is 3.95. The molecule has 1 N–H and O–H groups in total. The molecule has 8 heteroatoms. The third-order valence-electron chi connectivity index (χ3n) is 3.60. The van der Waals surface area contributed by atoms with Gasteiger partial charge in [-0.2, -0.15) is 0 Å². The van der Waals surface area contributed by atoms with Crippen molar-refractivity contribution < 1.29 is 8.42 Å². The number of hydrogen-bond acceptors (Lipinski definition) is 6. The molecule has 2 atom stereocenters. The predicted molar refractivity (Wildman–Crippen MR) is 75.5 cm³/mol. The van der Waals surface area contributed by atoms with E-state index in [1.54, 1.807) is 4.31 Å². The van der Waals surface area contributed by atoms with Gasteiger partial charge < -0.3 is 5.32 Å². The highest BCUT2D eigenvalue weighted by molar-refractivity contribution is 7.88. The summed E-state index contributed by atoms with van der Waals surface area (Å²) in [6, 6.07) is 0.156. The van der Waals surface area contributed by atoms with Gasteiger partial charge in [0.05, 0.1) is 18.0 Å². The molecule has 2 unspecified atom stereocenters. The minimum absolute atomic E-state index is 0.156. The molecule has 0 saturated carbocycles. The Balaban J connectivity index is 1.98. The third-order valence-corrected chi connectivity index (χ3v) is 5.39. The van der Waals surface area contributed by atoms with Crippen LogP contribution in [0.1, 0.15) is 31.0 Å². The molecule has 108 valence electrons. The van der Waals surface area contributed by atoms with Gasteiger partial charge in [-0.25, -0.2) is 12.7 Å². The van der Waals surface area contributed by atoms with Crippen molar-refractivity contribution in [3.63, 3.8) is 0 Å².